The number of hydrogen-bond acceptors (Lipinski definition) is 5. The smallest absolute Gasteiger partial charge is 0.390 e. The first-order chi connectivity index (χ1) is 14.6. The van der Waals surface area contributed by atoms with Crippen molar-refractivity contribution in [2.75, 3.05) is 26.7 Å². The lowest BCUT2D eigenvalue weighted by Gasteiger charge is -2.30. The van der Waals surface area contributed by atoms with E-state index in [1.165, 1.54) is 13.1 Å². The fraction of sp³-hybridized carbons (Fsp3) is 0.381. The number of nitrogens with zero attached hydrogens (tertiary/aromatic N) is 3. The molecule has 1 heterocycles. The van der Waals surface area contributed by atoms with Crippen molar-refractivity contribution in [1.82, 2.24) is 10.2 Å². The first kappa shape index (κ1) is 24.0. The molecule has 1 aromatic carbocycles. The zero-order valence-electron chi connectivity index (χ0n) is 17.5. The average Bonchev–Trinajstić information content (AvgIpc) is 2.71. The third-order valence-electron chi connectivity index (χ3n) is 4.72. The fourth-order valence-corrected chi connectivity index (χ4v) is 3.13. The van der Waals surface area contributed by atoms with Crippen molar-refractivity contribution in [3.05, 3.63) is 47.3 Å². The molecule has 31 heavy (non-hydrogen) atoms. The van der Waals surface area contributed by atoms with E-state index in [0.29, 0.717) is 35.5 Å². The Hall–Kier alpha value is -3.30. The molecule has 1 aliphatic rings. The fourth-order valence-electron chi connectivity index (χ4n) is 3.13. The summed E-state index contributed by atoms with van der Waals surface area (Å²) in [5, 5.41) is 2.83. The molecule has 10 heteroatoms. The molecule has 0 spiro atoms. The zero-order chi connectivity index (χ0) is 23.0. The van der Waals surface area contributed by atoms with Crippen LogP contribution in [0.15, 0.2) is 51.7 Å². The number of carbonyl (C=O) groups excluding carboxylic acids is 1. The van der Waals surface area contributed by atoms with Gasteiger partial charge in [-0.15, -0.1) is 0 Å². The first-order valence-corrected chi connectivity index (χ1v) is 9.71. The van der Waals surface area contributed by atoms with Crippen LogP contribution in [-0.2, 0) is 4.79 Å². The number of alkyl halides is 3. The summed E-state index contributed by atoms with van der Waals surface area (Å²) in [7, 11) is 1.63. The average molecular weight is 436 g/mol. The molecule has 7 nitrogen and oxygen atoms in total. The molecule has 2 rings (SSSR count). The topological polar surface area (TPSA) is 109 Å². The van der Waals surface area contributed by atoms with Gasteiger partial charge in [0, 0.05) is 62.7 Å². The van der Waals surface area contributed by atoms with E-state index in [9.17, 15) is 18.0 Å². The monoisotopic (exact) mass is 436 g/mol. The molecule has 0 bridgehead atoms. The quantitative estimate of drug-likeness (QED) is 0.451. The van der Waals surface area contributed by atoms with E-state index < -0.39 is 12.6 Å². The van der Waals surface area contributed by atoms with Gasteiger partial charge in [-0.3, -0.25) is 9.79 Å². The van der Waals surface area contributed by atoms with Crippen molar-refractivity contribution in [3.63, 3.8) is 0 Å². The number of nitrogens with one attached hydrogen (secondary N) is 1. The highest BCUT2D eigenvalue weighted by molar-refractivity contribution is 6.10. The van der Waals surface area contributed by atoms with Crippen molar-refractivity contribution >= 4 is 29.2 Å². The Morgan fingerprint density at radius 1 is 1.35 bits per heavy atom. The minimum absolute atomic E-state index is 0.139. The summed E-state index contributed by atoms with van der Waals surface area (Å²) < 4.78 is 37.6. The SMILES string of the molecule is CN=CC(=CN)c1cccc(N=C(N)C2=C(NCCC(F)(F)F)CCN(C(C)=O)C2)c1. The van der Waals surface area contributed by atoms with Gasteiger partial charge in [0.1, 0.15) is 5.84 Å². The van der Waals surface area contributed by atoms with Crippen LogP contribution >= 0.6 is 0 Å². The molecular weight excluding hydrogens is 409 g/mol. The van der Waals surface area contributed by atoms with Crippen LogP contribution in [0.1, 0.15) is 25.3 Å². The summed E-state index contributed by atoms with van der Waals surface area (Å²) in [5.41, 5.74) is 15.0. The van der Waals surface area contributed by atoms with Gasteiger partial charge in [0.05, 0.1) is 18.7 Å². The second-order valence-corrected chi connectivity index (χ2v) is 7.00. The molecule has 1 aromatic rings. The van der Waals surface area contributed by atoms with Crippen LogP contribution < -0.4 is 16.8 Å². The van der Waals surface area contributed by atoms with E-state index in [1.807, 2.05) is 6.07 Å². The minimum Gasteiger partial charge on any atom is -0.404 e. The van der Waals surface area contributed by atoms with E-state index >= 15 is 0 Å². The first-order valence-electron chi connectivity index (χ1n) is 9.71. The Morgan fingerprint density at radius 2 is 2.10 bits per heavy atom. The number of amidine groups is 1. The number of aliphatic imine (C=N–C) groups is 2. The molecule has 0 aliphatic carbocycles. The van der Waals surface area contributed by atoms with Gasteiger partial charge in [-0.25, -0.2) is 4.99 Å². The maximum atomic E-state index is 12.5. The molecule has 0 unspecified atom stereocenters. The molecule has 0 saturated carbocycles. The van der Waals surface area contributed by atoms with Gasteiger partial charge in [-0.05, 0) is 17.7 Å². The lowest BCUT2D eigenvalue weighted by molar-refractivity contribution is -0.133. The summed E-state index contributed by atoms with van der Waals surface area (Å²) in [5.74, 6) is -0.00161. The normalized spacial score (nSPS) is 16.2. The lowest BCUT2D eigenvalue weighted by Crippen LogP contribution is -2.41. The maximum Gasteiger partial charge on any atom is 0.390 e. The van der Waals surface area contributed by atoms with Crippen LogP contribution in [0.5, 0.6) is 0 Å². The number of nitrogens with two attached hydrogens (primary N) is 2. The third kappa shape index (κ3) is 7.16. The predicted molar refractivity (Wildman–Crippen MR) is 117 cm³/mol. The van der Waals surface area contributed by atoms with Crippen molar-refractivity contribution in [1.29, 1.82) is 0 Å². The van der Waals surface area contributed by atoms with Crippen molar-refractivity contribution in [2.45, 2.75) is 25.9 Å². The molecule has 0 fully saturated rings. The number of hydrogen-bond donors (Lipinski definition) is 3. The Morgan fingerprint density at radius 3 is 2.71 bits per heavy atom. The summed E-state index contributed by atoms with van der Waals surface area (Å²) >= 11 is 0. The van der Waals surface area contributed by atoms with Crippen molar-refractivity contribution in [3.8, 4) is 0 Å². The lowest BCUT2D eigenvalue weighted by atomic mass is 10.0. The molecular formula is C21H27F3N6O. The standard InChI is InChI=1S/C21H27F3N6O/c1-14(31)30-9-6-19(28-8-7-21(22,23)24)18(13-30)20(26)29-17-5-3-4-15(10-17)16(11-25)12-27-2/h3-5,10-12,28H,6-9,13,25H2,1-2H3,(H2,26,29). The minimum atomic E-state index is -4.26. The molecule has 0 atom stereocenters. The summed E-state index contributed by atoms with van der Waals surface area (Å²) in [6.45, 7) is 1.74. The van der Waals surface area contributed by atoms with Gasteiger partial charge >= 0.3 is 6.18 Å². The highest BCUT2D eigenvalue weighted by Gasteiger charge is 2.28. The van der Waals surface area contributed by atoms with E-state index in [4.69, 9.17) is 11.5 Å². The zero-order valence-corrected chi connectivity index (χ0v) is 17.5. The van der Waals surface area contributed by atoms with Crippen LogP contribution in [0.2, 0.25) is 0 Å². The third-order valence-corrected chi connectivity index (χ3v) is 4.72. The van der Waals surface area contributed by atoms with E-state index in [-0.39, 0.29) is 24.8 Å². The second-order valence-electron chi connectivity index (χ2n) is 7.00. The number of rotatable bonds is 7. The number of halogens is 3. The molecule has 5 N–H and O–H groups in total. The van der Waals surface area contributed by atoms with Crippen LogP contribution in [0.4, 0.5) is 18.9 Å². The van der Waals surface area contributed by atoms with Crippen molar-refractivity contribution < 1.29 is 18.0 Å². The number of amides is 1. The van der Waals surface area contributed by atoms with Gasteiger partial charge in [-0.2, -0.15) is 13.2 Å². The van der Waals surface area contributed by atoms with Crippen molar-refractivity contribution in [2.24, 2.45) is 21.5 Å². The highest BCUT2D eigenvalue weighted by atomic mass is 19.4. The summed E-state index contributed by atoms with van der Waals surface area (Å²) in [4.78, 5) is 21.8. The van der Waals surface area contributed by atoms with Crippen LogP contribution in [-0.4, -0.2) is 55.7 Å². The maximum absolute atomic E-state index is 12.5. The van der Waals surface area contributed by atoms with E-state index in [1.54, 1.807) is 36.4 Å². The van der Waals surface area contributed by atoms with Crippen LogP contribution in [0, 0.1) is 0 Å². The van der Waals surface area contributed by atoms with Crippen LogP contribution in [0.25, 0.3) is 5.57 Å². The van der Waals surface area contributed by atoms with E-state index in [2.05, 4.69) is 15.3 Å². The molecule has 1 amide bonds. The molecule has 0 radical (unpaired) electrons. The Balaban J connectivity index is 2.34. The second kappa shape index (κ2) is 10.6. The summed E-state index contributed by atoms with van der Waals surface area (Å²) in [6.07, 6.45) is -1.81. The Labute approximate surface area is 179 Å². The van der Waals surface area contributed by atoms with Gasteiger partial charge in [0.25, 0.3) is 0 Å². The van der Waals surface area contributed by atoms with E-state index in [0.717, 1.165) is 5.56 Å². The largest absolute Gasteiger partial charge is 0.404 e. The Kier molecular flexibility index (Phi) is 8.23. The van der Waals surface area contributed by atoms with Gasteiger partial charge in [-0.1, -0.05) is 12.1 Å². The van der Waals surface area contributed by atoms with Gasteiger partial charge < -0.3 is 21.7 Å². The molecule has 1 aliphatic heterocycles. The molecule has 0 saturated heterocycles. The number of benzene rings is 1. The van der Waals surface area contributed by atoms with Crippen LogP contribution in [0.3, 0.4) is 0 Å². The highest BCUT2D eigenvalue weighted by Crippen LogP contribution is 2.23. The van der Waals surface area contributed by atoms with Gasteiger partial charge in [0.2, 0.25) is 5.91 Å². The molecule has 0 aromatic heterocycles. The molecule has 168 valence electrons. The van der Waals surface area contributed by atoms with Gasteiger partial charge in [0.15, 0.2) is 0 Å². The Bertz CT molecular complexity index is 918. The number of allylic oxidation sites excluding steroid dienone is 1. The predicted octanol–water partition coefficient (Wildman–Crippen LogP) is 2.72. The number of carbonyl (C=O) groups is 1. The summed E-state index contributed by atoms with van der Waals surface area (Å²) in [6, 6.07) is 7.15.